The molecular formula is C20H23F6N5O4. The van der Waals surface area contributed by atoms with Gasteiger partial charge in [-0.25, -0.2) is 14.6 Å². The highest BCUT2D eigenvalue weighted by atomic mass is 19.4. The van der Waals surface area contributed by atoms with E-state index in [0.29, 0.717) is 0 Å². The van der Waals surface area contributed by atoms with E-state index in [2.05, 4.69) is 38.7 Å². The summed E-state index contributed by atoms with van der Waals surface area (Å²) in [5.74, 6) is -4.42. The number of carbonyl (C=O) groups is 2. The summed E-state index contributed by atoms with van der Waals surface area (Å²) in [5.41, 5.74) is 2.53. The van der Waals surface area contributed by atoms with E-state index in [0.717, 1.165) is 38.5 Å². The van der Waals surface area contributed by atoms with Crippen molar-refractivity contribution in [3.05, 3.63) is 54.5 Å². The maximum Gasteiger partial charge on any atom is 0.490 e. The van der Waals surface area contributed by atoms with Gasteiger partial charge in [-0.3, -0.25) is 9.58 Å². The van der Waals surface area contributed by atoms with Crippen LogP contribution < -0.4 is 4.90 Å². The molecule has 1 aliphatic rings. The Morgan fingerprint density at radius 3 is 2.14 bits per heavy atom. The van der Waals surface area contributed by atoms with Crippen molar-refractivity contribution in [1.29, 1.82) is 0 Å². The van der Waals surface area contributed by atoms with Crippen LogP contribution in [0.1, 0.15) is 11.1 Å². The highest BCUT2D eigenvalue weighted by molar-refractivity contribution is 5.73. The number of rotatable bonds is 4. The third-order valence-corrected chi connectivity index (χ3v) is 4.25. The van der Waals surface area contributed by atoms with Crippen LogP contribution in [-0.4, -0.2) is 73.8 Å². The zero-order valence-corrected chi connectivity index (χ0v) is 18.4. The van der Waals surface area contributed by atoms with Crippen molar-refractivity contribution >= 4 is 17.8 Å². The Morgan fingerprint density at radius 1 is 1.11 bits per heavy atom. The fourth-order valence-corrected chi connectivity index (χ4v) is 2.81. The fourth-order valence-electron chi connectivity index (χ4n) is 2.81. The fraction of sp³-hybridized carbons (Fsp3) is 0.400. The summed E-state index contributed by atoms with van der Waals surface area (Å²) in [7, 11) is 1.96. The molecule has 0 bridgehead atoms. The van der Waals surface area contributed by atoms with Gasteiger partial charge in [0.2, 0.25) is 0 Å². The van der Waals surface area contributed by atoms with Gasteiger partial charge in [0.15, 0.2) is 0 Å². The van der Waals surface area contributed by atoms with Gasteiger partial charge in [-0.05, 0) is 6.07 Å². The van der Waals surface area contributed by atoms with Crippen molar-refractivity contribution in [2.24, 2.45) is 7.05 Å². The summed E-state index contributed by atoms with van der Waals surface area (Å²) in [4.78, 5) is 27.1. The topological polar surface area (TPSA) is 112 Å². The Kier molecular flexibility index (Phi) is 10.7. The van der Waals surface area contributed by atoms with E-state index < -0.39 is 24.3 Å². The molecule has 0 fully saturated rings. The number of aromatic nitrogens is 3. The zero-order valence-electron chi connectivity index (χ0n) is 18.4. The van der Waals surface area contributed by atoms with Gasteiger partial charge in [0.25, 0.3) is 0 Å². The van der Waals surface area contributed by atoms with Gasteiger partial charge in [0, 0.05) is 63.3 Å². The number of nitrogens with zero attached hydrogens (tertiary/aromatic N) is 5. The number of anilines is 1. The molecule has 0 amide bonds. The Hall–Kier alpha value is -3.62. The van der Waals surface area contributed by atoms with Gasteiger partial charge >= 0.3 is 24.3 Å². The zero-order chi connectivity index (χ0) is 26.8. The monoisotopic (exact) mass is 511 g/mol. The first kappa shape index (κ1) is 29.4. The van der Waals surface area contributed by atoms with Crippen LogP contribution >= 0.6 is 0 Å². The molecule has 0 unspecified atom stereocenters. The van der Waals surface area contributed by atoms with Gasteiger partial charge in [0.1, 0.15) is 5.82 Å². The molecule has 15 heteroatoms. The average Bonchev–Trinajstić information content (AvgIpc) is 3.07. The molecule has 0 saturated heterocycles. The van der Waals surface area contributed by atoms with Gasteiger partial charge in [-0.1, -0.05) is 12.1 Å². The van der Waals surface area contributed by atoms with Crippen molar-refractivity contribution in [2.75, 3.05) is 24.5 Å². The van der Waals surface area contributed by atoms with Gasteiger partial charge in [0.05, 0.1) is 6.20 Å². The van der Waals surface area contributed by atoms with Crippen LogP contribution in [0.5, 0.6) is 0 Å². The molecule has 194 valence electrons. The molecule has 0 atom stereocenters. The number of carboxylic acid groups (broad SMARTS) is 2. The van der Waals surface area contributed by atoms with E-state index in [1.54, 1.807) is 0 Å². The molecule has 2 N–H and O–H groups in total. The first-order valence-corrected chi connectivity index (χ1v) is 9.75. The molecule has 0 saturated carbocycles. The average molecular weight is 511 g/mol. The molecule has 2 aromatic rings. The highest BCUT2D eigenvalue weighted by Crippen LogP contribution is 2.23. The second-order valence-electron chi connectivity index (χ2n) is 7.06. The lowest BCUT2D eigenvalue weighted by Crippen LogP contribution is -2.31. The Balaban J connectivity index is 0.000000362. The van der Waals surface area contributed by atoms with Crippen molar-refractivity contribution < 1.29 is 46.1 Å². The van der Waals surface area contributed by atoms with Crippen molar-refractivity contribution in [2.45, 2.75) is 25.4 Å². The predicted octanol–water partition coefficient (Wildman–Crippen LogP) is 3.09. The van der Waals surface area contributed by atoms with E-state index in [9.17, 15) is 26.3 Å². The van der Waals surface area contributed by atoms with Crippen LogP contribution in [-0.2, 0) is 29.7 Å². The Labute approximate surface area is 195 Å². The van der Waals surface area contributed by atoms with Crippen molar-refractivity contribution in [3.8, 4) is 0 Å². The van der Waals surface area contributed by atoms with Crippen LogP contribution in [0, 0.1) is 0 Å². The van der Waals surface area contributed by atoms with Gasteiger partial charge < -0.3 is 15.1 Å². The number of hydrogen-bond donors (Lipinski definition) is 2. The lowest BCUT2D eigenvalue weighted by atomic mass is 10.2. The smallest absolute Gasteiger partial charge is 0.475 e. The SMILES string of the molecule is C=CCN1CCN(Cc2cnn(C)c2)Cc2cccnc21.O=C(O)C(F)(F)F.O=C(O)C(F)(F)F. The Bertz CT molecular complexity index is 969. The first-order valence-electron chi connectivity index (χ1n) is 9.75. The lowest BCUT2D eigenvalue weighted by molar-refractivity contribution is -0.193. The quantitative estimate of drug-likeness (QED) is 0.476. The Morgan fingerprint density at radius 2 is 1.69 bits per heavy atom. The summed E-state index contributed by atoms with van der Waals surface area (Å²) in [6.45, 7) is 8.52. The van der Waals surface area contributed by atoms with Gasteiger partial charge in [-0.15, -0.1) is 6.58 Å². The largest absolute Gasteiger partial charge is 0.490 e. The highest BCUT2D eigenvalue weighted by Gasteiger charge is 2.38. The molecule has 35 heavy (non-hydrogen) atoms. The minimum atomic E-state index is -5.08. The molecule has 0 radical (unpaired) electrons. The number of halogens is 6. The number of pyridine rings is 1. The van der Waals surface area contributed by atoms with Crippen LogP contribution in [0.25, 0.3) is 0 Å². The number of hydrogen-bond acceptors (Lipinski definition) is 6. The van der Waals surface area contributed by atoms with E-state index in [-0.39, 0.29) is 0 Å². The maximum absolute atomic E-state index is 10.6. The van der Waals surface area contributed by atoms with Crippen LogP contribution in [0.3, 0.4) is 0 Å². The lowest BCUT2D eigenvalue weighted by Gasteiger charge is -2.22. The van der Waals surface area contributed by atoms with E-state index in [1.807, 2.05) is 36.3 Å². The molecule has 0 aliphatic carbocycles. The standard InChI is InChI=1S/C16H21N5.2C2HF3O2/c1-3-7-21-9-8-20(12-14-10-18-19(2)11-14)13-15-5-4-6-17-16(15)21;2*3-2(4,5)1(6)7/h3-6,10-11H,1,7-9,12-13H2,2H3;2*(H,6,7). The summed E-state index contributed by atoms with van der Waals surface area (Å²) in [6, 6.07) is 4.18. The number of carboxylic acids is 2. The van der Waals surface area contributed by atoms with Gasteiger partial charge in [-0.2, -0.15) is 31.4 Å². The number of alkyl halides is 6. The molecule has 2 aromatic heterocycles. The first-order chi connectivity index (χ1) is 16.1. The van der Waals surface area contributed by atoms with E-state index in [1.165, 1.54) is 11.1 Å². The van der Waals surface area contributed by atoms with Crippen LogP contribution in [0.2, 0.25) is 0 Å². The van der Waals surface area contributed by atoms with Crippen molar-refractivity contribution in [1.82, 2.24) is 19.7 Å². The number of aliphatic carboxylic acids is 2. The van der Waals surface area contributed by atoms with E-state index >= 15 is 0 Å². The third-order valence-electron chi connectivity index (χ3n) is 4.25. The molecule has 0 spiro atoms. The molecular weight excluding hydrogens is 488 g/mol. The molecule has 0 aromatic carbocycles. The number of aryl methyl sites for hydroxylation is 1. The molecule has 3 heterocycles. The molecule has 1 aliphatic heterocycles. The molecule has 3 rings (SSSR count). The minimum absolute atomic E-state index is 0.838. The molecule has 9 nitrogen and oxygen atoms in total. The minimum Gasteiger partial charge on any atom is -0.475 e. The summed E-state index contributed by atoms with van der Waals surface area (Å²) >= 11 is 0. The number of fused-ring (bicyclic) bond motifs is 1. The summed E-state index contributed by atoms with van der Waals surface area (Å²) < 4.78 is 65.3. The van der Waals surface area contributed by atoms with Crippen molar-refractivity contribution in [3.63, 3.8) is 0 Å². The predicted molar refractivity (Wildman–Crippen MR) is 111 cm³/mol. The summed E-state index contributed by atoms with van der Waals surface area (Å²) in [6.07, 6.45) is -2.34. The van der Waals surface area contributed by atoms with Crippen LogP contribution in [0.15, 0.2) is 43.4 Å². The second-order valence-corrected chi connectivity index (χ2v) is 7.06. The maximum atomic E-state index is 10.6. The summed E-state index contributed by atoms with van der Waals surface area (Å²) in [5, 5.41) is 18.5. The second kappa shape index (κ2) is 12.7. The third kappa shape index (κ3) is 10.5. The normalized spacial score (nSPS) is 13.9. The van der Waals surface area contributed by atoms with Crippen LogP contribution in [0.4, 0.5) is 32.2 Å². The van der Waals surface area contributed by atoms with E-state index in [4.69, 9.17) is 19.8 Å².